The van der Waals surface area contributed by atoms with E-state index in [1.54, 1.807) is 13.1 Å². The standard InChI is InChI=1S/C21H18N4O2/c1-15(27-18-6-3-2-4-7-18)20(26)23-17-10-8-16(9-11-17)19-14-25-13-5-12-22-21(25)24-19/h2-15H,1H3,(H,23,26). The van der Waals surface area contributed by atoms with Gasteiger partial charge in [0, 0.05) is 29.8 Å². The van der Waals surface area contributed by atoms with E-state index in [9.17, 15) is 4.79 Å². The van der Waals surface area contributed by atoms with Crippen molar-refractivity contribution in [2.75, 3.05) is 5.32 Å². The Hall–Kier alpha value is -3.67. The lowest BCUT2D eigenvalue weighted by Crippen LogP contribution is -2.30. The van der Waals surface area contributed by atoms with Crippen LogP contribution in [-0.2, 0) is 4.79 Å². The molecule has 0 spiro atoms. The molecule has 2 heterocycles. The highest BCUT2D eigenvalue weighted by molar-refractivity contribution is 5.94. The van der Waals surface area contributed by atoms with E-state index in [1.165, 1.54) is 0 Å². The first-order valence-corrected chi connectivity index (χ1v) is 8.62. The van der Waals surface area contributed by atoms with Gasteiger partial charge in [0.1, 0.15) is 5.75 Å². The minimum atomic E-state index is -0.600. The maximum absolute atomic E-state index is 12.3. The average Bonchev–Trinajstić information content (AvgIpc) is 3.13. The monoisotopic (exact) mass is 358 g/mol. The Kier molecular flexibility index (Phi) is 4.53. The second-order valence-corrected chi connectivity index (χ2v) is 6.09. The predicted molar refractivity (Wildman–Crippen MR) is 104 cm³/mol. The number of benzene rings is 2. The molecule has 0 fully saturated rings. The second kappa shape index (κ2) is 7.29. The number of imidazole rings is 1. The topological polar surface area (TPSA) is 68.5 Å². The molecule has 6 nitrogen and oxygen atoms in total. The van der Waals surface area contributed by atoms with Gasteiger partial charge in [-0.05, 0) is 37.3 Å². The minimum absolute atomic E-state index is 0.205. The maximum atomic E-state index is 12.3. The zero-order valence-corrected chi connectivity index (χ0v) is 14.7. The molecule has 4 rings (SSSR count). The SMILES string of the molecule is CC(Oc1ccccc1)C(=O)Nc1ccc(-c2cn3cccnc3n2)cc1. The Labute approximate surface area is 156 Å². The highest BCUT2D eigenvalue weighted by atomic mass is 16.5. The van der Waals surface area contributed by atoms with Crippen LogP contribution in [0.15, 0.2) is 79.3 Å². The molecule has 6 heteroatoms. The minimum Gasteiger partial charge on any atom is -0.481 e. The van der Waals surface area contributed by atoms with Gasteiger partial charge >= 0.3 is 0 Å². The molecule has 27 heavy (non-hydrogen) atoms. The first kappa shape index (κ1) is 16.8. The summed E-state index contributed by atoms with van der Waals surface area (Å²) in [6.07, 6.45) is 4.94. The molecular weight excluding hydrogens is 340 g/mol. The molecule has 0 aliphatic heterocycles. The number of carbonyl (C=O) groups is 1. The van der Waals surface area contributed by atoms with E-state index in [0.717, 1.165) is 11.3 Å². The molecule has 2 aromatic heterocycles. The van der Waals surface area contributed by atoms with Crippen molar-refractivity contribution in [1.82, 2.24) is 14.4 Å². The summed E-state index contributed by atoms with van der Waals surface area (Å²) in [4.78, 5) is 21.0. The van der Waals surface area contributed by atoms with E-state index >= 15 is 0 Å². The average molecular weight is 358 g/mol. The molecule has 4 aromatic rings. The number of rotatable bonds is 5. The number of ether oxygens (including phenoxy) is 1. The lowest BCUT2D eigenvalue weighted by Gasteiger charge is -2.14. The van der Waals surface area contributed by atoms with Crippen molar-refractivity contribution in [2.45, 2.75) is 13.0 Å². The summed E-state index contributed by atoms with van der Waals surface area (Å²) in [5, 5.41) is 2.87. The first-order chi connectivity index (χ1) is 13.2. The van der Waals surface area contributed by atoms with Crippen LogP contribution in [0.1, 0.15) is 6.92 Å². The lowest BCUT2D eigenvalue weighted by atomic mass is 10.1. The summed E-state index contributed by atoms with van der Waals surface area (Å²) in [6.45, 7) is 1.72. The number of para-hydroxylation sites is 1. The molecular formula is C21H18N4O2. The fraction of sp³-hybridized carbons (Fsp3) is 0.0952. The van der Waals surface area contributed by atoms with Crippen LogP contribution in [0.2, 0.25) is 0 Å². The van der Waals surface area contributed by atoms with Crippen LogP contribution < -0.4 is 10.1 Å². The van der Waals surface area contributed by atoms with Crippen LogP contribution in [-0.4, -0.2) is 26.4 Å². The summed E-state index contributed by atoms with van der Waals surface area (Å²) in [5.74, 6) is 1.11. The molecule has 1 atom stereocenters. The third-order valence-electron chi connectivity index (χ3n) is 4.11. The zero-order chi connectivity index (χ0) is 18.6. The van der Waals surface area contributed by atoms with Crippen LogP contribution in [0.5, 0.6) is 5.75 Å². The number of anilines is 1. The van der Waals surface area contributed by atoms with Crippen molar-refractivity contribution >= 4 is 17.4 Å². The van der Waals surface area contributed by atoms with Gasteiger partial charge in [0.25, 0.3) is 5.91 Å². The molecule has 0 aliphatic rings. The third kappa shape index (κ3) is 3.79. The quantitative estimate of drug-likeness (QED) is 0.589. The number of fused-ring (bicyclic) bond motifs is 1. The van der Waals surface area contributed by atoms with Crippen LogP contribution >= 0.6 is 0 Å². The fourth-order valence-electron chi connectivity index (χ4n) is 2.69. The van der Waals surface area contributed by atoms with Gasteiger partial charge in [-0.1, -0.05) is 30.3 Å². The molecule has 134 valence electrons. The smallest absolute Gasteiger partial charge is 0.265 e. The number of hydrogen-bond donors (Lipinski definition) is 1. The van der Waals surface area contributed by atoms with Gasteiger partial charge in [0.15, 0.2) is 6.10 Å². The molecule has 0 saturated heterocycles. The Morgan fingerprint density at radius 2 is 1.85 bits per heavy atom. The molecule has 0 radical (unpaired) electrons. The van der Waals surface area contributed by atoms with Gasteiger partial charge in [0.2, 0.25) is 5.78 Å². The van der Waals surface area contributed by atoms with Gasteiger partial charge < -0.3 is 10.1 Å². The number of carbonyl (C=O) groups excluding carboxylic acids is 1. The summed E-state index contributed by atoms with van der Waals surface area (Å²) in [6, 6.07) is 18.7. The fourth-order valence-corrected chi connectivity index (χ4v) is 2.69. The van der Waals surface area contributed by atoms with Crippen molar-refractivity contribution in [2.24, 2.45) is 0 Å². The molecule has 0 saturated carbocycles. The van der Waals surface area contributed by atoms with Gasteiger partial charge in [-0.15, -0.1) is 0 Å². The van der Waals surface area contributed by atoms with Crippen molar-refractivity contribution in [3.05, 3.63) is 79.3 Å². The Balaban J connectivity index is 1.43. The van der Waals surface area contributed by atoms with Crippen LogP contribution in [0.3, 0.4) is 0 Å². The molecule has 1 amide bonds. The Morgan fingerprint density at radius 3 is 2.59 bits per heavy atom. The van der Waals surface area contributed by atoms with Crippen molar-refractivity contribution < 1.29 is 9.53 Å². The normalized spacial score (nSPS) is 11.9. The van der Waals surface area contributed by atoms with Crippen molar-refractivity contribution in [1.29, 1.82) is 0 Å². The van der Waals surface area contributed by atoms with E-state index < -0.39 is 6.10 Å². The number of nitrogens with one attached hydrogen (secondary N) is 1. The maximum Gasteiger partial charge on any atom is 0.265 e. The molecule has 0 bridgehead atoms. The highest BCUT2D eigenvalue weighted by Gasteiger charge is 2.15. The lowest BCUT2D eigenvalue weighted by molar-refractivity contribution is -0.122. The van der Waals surface area contributed by atoms with Crippen LogP contribution in [0.25, 0.3) is 17.0 Å². The third-order valence-corrected chi connectivity index (χ3v) is 4.11. The summed E-state index contributed by atoms with van der Waals surface area (Å²) < 4.78 is 7.51. The van der Waals surface area contributed by atoms with Gasteiger partial charge in [-0.25, -0.2) is 9.97 Å². The van der Waals surface area contributed by atoms with Gasteiger partial charge in [-0.3, -0.25) is 9.20 Å². The van der Waals surface area contributed by atoms with E-state index in [4.69, 9.17) is 4.74 Å². The van der Waals surface area contributed by atoms with Gasteiger partial charge in [-0.2, -0.15) is 0 Å². The Morgan fingerprint density at radius 1 is 1.07 bits per heavy atom. The predicted octanol–water partition coefficient (Wildman–Crippen LogP) is 3.80. The summed E-state index contributed by atoms with van der Waals surface area (Å²) in [7, 11) is 0. The summed E-state index contributed by atoms with van der Waals surface area (Å²) >= 11 is 0. The largest absolute Gasteiger partial charge is 0.481 e. The zero-order valence-electron chi connectivity index (χ0n) is 14.7. The molecule has 0 aliphatic carbocycles. The van der Waals surface area contributed by atoms with Crippen LogP contribution in [0.4, 0.5) is 5.69 Å². The first-order valence-electron chi connectivity index (χ1n) is 8.62. The Bertz CT molecular complexity index is 1030. The van der Waals surface area contributed by atoms with E-state index in [0.29, 0.717) is 17.2 Å². The number of aromatic nitrogens is 3. The van der Waals surface area contributed by atoms with Crippen molar-refractivity contribution in [3.8, 4) is 17.0 Å². The number of hydrogen-bond acceptors (Lipinski definition) is 4. The van der Waals surface area contributed by atoms with Crippen LogP contribution in [0, 0.1) is 0 Å². The van der Waals surface area contributed by atoms with E-state index in [1.807, 2.05) is 77.5 Å². The number of amides is 1. The molecule has 2 aromatic carbocycles. The van der Waals surface area contributed by atoms with E-state index in [2.05, 4.69) is 15.3 Å². The van der Waals surface area contributed by atoms with E-state index in [-0.39, 0.29) is 5.91 Å². The molecule has 1 unspecified atom stereocenters. The van der Waals surface area contributed by atoms with Gasteiger partial charge in [0.05, 0.1) is 5.69 Å². The highest BCUT2D eigenvalue weighted by Crippen LogP contribution is 2.21. The number of nitrogens with zero attached hydrogens (tertiary/aromatic N) is 3. The summed E-state index contributed by atoms with van der Waals surface area (Å²) in [5.41, 5.74) is 2.48. The molecule has 1 N–H and O–H groups in total. The van der Waals surface area contributed by atoms with Crippen molar-refractivity contribution in [3.63, 3.8) is 0 Å². The second-order valence-electron chi connectivity index (χ2n) is 6.09.